The molecule has 24 heavy (non-hydrogen) atoms. The highest BCUT2D eigenvalue weighted by atomic mass is 16.4. The van der Waals surface area contributed by atoms with Crippen LogP contribution in [0.1, 0.15) is 26.7 Å². The van der Waals surface area contributed by atoms with E-state index in [4.69, 9.17) is 4.42 Å². The minimum absolute atomic E-state index is 0.0248. The van der Waals surface area contributed by atoms with Gasteiger partial charge in [0, 0.05) is 38.9 Å². The third-order valence-corrected chi connectivity index (χ3v) is 4.21. The van der Waals surface area contributed by atoms with Crippen molar-refractivity contribution in [3.8, 4) is 0 Å². The van der Waals surface area contributed by atoms with Crippen LogP contribution in [0.4, 0.5) is 10.8 Å². The minimum Gasteiger partial charge on any atom is -0.422 e. The van der Waals surface area contributed by atoms with E-state index >= 15 is 0 Å². The fourth-order valence-electron chi connectivity index (χ4n) is 2.78. The molecule has 1 fully saturated rings. The first-order valence-corrected chi connectivity index (χ1v) is 8.63. The summed E-state index contributed by atoms with van der Waals surface area (Å²) in [5.74, 6) is 0.595. The maximum absolute atomic E-state index is 12.3. The Kier molecular flexibility index (Phi) is 5.17. The van der Waals surface area contributed by atoms with E-state index in [0.29, 0.717) is 36.3 Å². The molecule has 0 saturated carbocycles. The molecule has 7 heteroatoms. The number of aromatic nitrogens is 2. The summed E-state index contributed by atoms with van der Waals surface area (Å²) in [6.07, 6.45) is 3.60. The van der Waals surface area contributed by atoms with Gasteiger partial charge < -0.3 is 19.5 Å². The van der Waals surface area contributed by atoms with Gasteiger partial charge in [0.1, 0.15) is 0 Å². The predicted molar refractivity (Wildman–Crippen MR) is 93.1 cm³/mol. The Hall–Kier alpha value is -2.31. The summed E-state index contributed by atoms with van der Waals surface area (Å²) in [6.45, 7) is 8.00. The molecule has 0 atom stereocenters. The van der Waals surface area contributed by atoms with E-state index in [1.54, 1.807) is 6.20 Å². The van der Waals surface area contributed by atoms with Crippen LogP contribution in [0.2, 0.25) is 0 Å². The van der Waals surface area contributed by atoms with Crippen LogP contribution in [0.3, 0.4) is 0 Å². The zero-order chi connectivity index (χ0) is 16.9. The van der Waals surface area contributed by atoms with E-state index < -0.39 is 0 Å². The highest BCUT2D eigenvalue weighted by Crippen LogP contribution is 2.21. The average Bonchev–Trinajstić information content (AvgIpc) is 2.83. The van der Waals surface area contributed by atoms with Crippen molar-refractivity contribution in [2.24, 2.45) is 5.92 Å². The van der Waals surface area contributed by atoms with Gasteiger partial charge in [-0.2, -0.15) is 4.98 Å². The lowest BCUT2D eigenvalue weighted by Gasteiger charge is -2.21. The van der Waals surface area contributed by atoms with Crippen LogP contribution in [0.15, 0.2) is 22.7 Å². The molecule has 1 saturated heterocycles. The van der Waals surface area contributed by atoms with E-state index in [-0.39, 0.29) is 6.03 Å². The summed E-state index contributed by atoms with van der Waals surface area (Å²) in [5, 5.41) is 3.01. The number of oxazole rings is 1. The monoisotopic (exact) mass is 331 g/mol. The molecule has 1 aliphatic heterocycles. The fraction of sp³-hybridized carbons (Fsp3) is 0.588. The molecule has 1 aliphatic rings. The Morgan fingerprint density at radius 3 is 3.00 bits per heavy atom. The molecule has 7 nitrogen and oxygen atoms in total. The largest absolute Gasteiger partial charge is 0.422 e. The second kappa shape index (κ2) is 7.51. The van der Waals surface area contributed by atoms with Gasteiger partial charge in [0.05, 0.1) is 0 Å². The lowest BCUT2D eigenvalue weighted by molar-refractivity contribution is 0.201. The Labute approximate surface area is 142 Å². The topological polar surface area (TPSA) is 74.5 Å². The summed E-state index contributed by atoms with van der Waals surface area (Å²) in [4.78, 5) is 24.9. The van der Waals surface area contributed by atoms with Gasteiger partial charge in [0.25, 0.3) is 6.01 Å². The van der Waals surface area contributed by atoms with Crippen LogP contribution in [0.25, 0.3) is 11.2 Å². The Bertz CT molecular complexity index is 651. The third-order valence-electron chi connectivity index (χ3n) is 4.21. The number of amides is 2. The van der Waals surface area contributed by atoms with Crippen molar-refractivity contribution in [3.63, 3.8) is 0 Å². The standard InChI is InChI=1S/C17H25N5O2/c1-13(2)6-8-19-16(23)21-9-4-10-22(12-11-21)17-20-15-14(24-17)5-3-7-18-15/h3,5,7,13H,4,6,8-12H2,1-2H3,(H,19,23). The number of hydrogen-bond donors (Lipinski definition) is 1. The first-order valence-electron chi connectivity index (χ1n) is 8.63. The van der Waals surface area contributed by atoms with Crippen molar-refractivity contribution in [1.82, 2.24) is 20.2 Å². The molecule has 0 spiro atoms. The molecule has 2 amide bonds. The zero-order valence-electron chi connectivity index (χ0n) is 14.4. The molecule has 2 aromatic heterocycles. The Morgan fingerprint density at radius 2 is 2.21 bits per heavy atom. The van der Waals surface area contributed by atoms with Crippen molar-refractivity contribution in [3.05, 3.63) is 18.3 Å². The molecule has 3 rings (SSSR count). The Morgan fingerprint density at radius 1 is 1.33 bits per heavy atom. The second-order valence-electron chi connectivity index (χ2n) is 6.56. The lowest BCUT2D eigenvalue weighted by Crippen LogP contribution is -2.42. The highest BCUT2D eigenvalue weighted by molar-refractivity contribution is 5.74. The summed E-state index contributed by atoms with van der Waals surface area (Å²) in [5.41, 5.74) is 1.32. The van der Waals surface area contributed by atoms with Crippen LogP contribution in [-0.2, 0) is 0 Å². The molecule has 0 bridgehead atoms. The smallest absolute Gasteiger partial charge is 0.317 e. The van der Waals surface area contributed by atoms with Crippen LogP contribution in [0.5, 0.6) is 0 Å². The van der Waals surface area contributed by atoms with Gasteiger partial charge in [-0.05, 0) is 30.9 Å². The van der Waals surface area contributed by atoms with E-state index in [1.165, 1.54) is 0 Å². The summed E-state index contributed by atoms with van der Waals surface area (Å²) in [6, 6.07) is 4.32. The Balaban J connectivity index is 1.57. The van der Waals surface area contributed by atoms with E-state index in [9.17, 15) is 4.79 Å². The van der Waals surface area contributed by atoms with Crippen LogP contribution in [-0.4, -0.2) is 53.6 Å². The molecule has 1 N–H and O–H groups in total. The fourth-order valence-corrected chi connectivity index (χ4v) is 2.78. The molecule has 130 valence electrons. The quantitative estimate of drug-likeness (QED) is 0.931. The SMILES string of the molecule is CC(C)CCNC(=O)N1CCCN(c2nc3ncccc3o2)CC1. The van der Waals surface area contributed by atoms with Crippen LogP contribution < -0.4 is 10.2 Å². The van der Waals surface area contributed by atoms with Gasteiger partial charge in [-0.3, -0.25) is 0 Å². The maximum atomic E-state index is 12.3. The number of carbonyl (C=O) groups excluding carboxylic acids is 1. The summed E-state index contributed by atoms with van der Waals surface area (Å²) >= 11 is 0. The molecule has 0 radical (unpaired) electrons. The predicted octanol–water partition coefficient (Wildman–Crippen LogP) is 2.49. The van der Waals surface area contributed by atoms with Crippen molar-refractivity contribution in [2.45, 2.75) is 26.7 Å². The molecule has 0 aliphatic carbocycles. The van der Waals surface area contributed by atoms with Crippen molar-refractivity contribution < 1.29 is 9.21 Å². The number of hydrogen-bond acceptors (Lipinski definition) is 5. The van der Waals surface area contributed by atoms with Crippen LogP contribution >= 0.6 is 0 Å². The van der Waals surface area contributed by atoms with E-state index in [2.05, 4.69) is 34.0 Å². The van der Waals surface area contributed by atoms with Gasteiger partial charge >= 0.3 is 6.03 Å². The van der Waals surface area contributed by atoms with Gasteiger partial charge in [0.2, 0.25) is 5.65 Å². The second-order valence-corrected chi connectivity index (χ2v) is 6.56. The zero-order valence-corrected chi connectivity index (χ0v) is 14.4. The number of fused-ring (bicyclic) bond motifs is 1. The highest BCUT2D eigenvalue weighted by Gasteiger charge is 2.22. The molecule has 0 aromatic carbocycles. The number of nitrogens with zero attached hydrogens (tertiary/aromatic N) is 4. The number of carbonyl (C=O) groups is 1. The molecule has 3 heterocycles. The van der Waals surface area contributed by atoms with Gasteiger partial charge in [-0.1, -0.05) is 13.8 Å². The molecule has 2 aromatic rings. The molecular weight excluding hydrogens is 306 g/mol. The molecular formula is C17H25N5O2. The van der Waals surface area contributed by atoms with Crippen LogP contribution in [0, 0.1) is 5.92 Å². The minimum atomic E-state index is 0.0248. The van der Waals surface area contributed by atoms with Gasteiger partial charge in [-0.15, -0.1) is 0 Å². The first kappa shape index (κ1) is 16.5. The number of nitrogens with one attached hydrogen (secondary N) is 1. The number of anilines is 1. The van der Waals surface area contributed by atoms with Gasteiger partial charge in [-0.25, -0.2) is 9.78 Å². The molecule has 0 unspecified atom stereocenters. The van der Waals surface area contributed by atoms with E-state index in [0.717, 1.165) is 32.5 Å². The normalized spacial score (nSPS) is 15.8. The first-order chi connectivity index (χ1) is 11.6. The van der Waals surface area contributed by atoms with E-state index in [1.807, 2.05) is 17.0 Å². The number of rotatable bonds is 4. The number of urea groups is 1. The van der Waals surface area contributed by atoms with Crippen molar-refractivity contribution in [1.29, 1.82) is 0 Å². The van der Waals surface area contributed by atoms with Gasteiger partial charge in [0.15, 0.2) is 5.58 Å². The van der Waals surface area contributed by atoms with Crippen molar-refractivity contribution >= 4 is 23.3 Å². The summed E-state index contributed by atoms with van der Waals surface area (Å²) in [7, 11) is 0. The third kappa shape index (κ3) is 3.96. The number of pyridine rings is 1. The lowest BCUT2D eigenvalue weighted by atomic mass is 10.1. The average molecular weight is 331 g/mol. The maximum Gasteiger partial charge on any atom is 0.317 e. The summed E-state index contributed by atoms with van der Waals surface area (Å²) < 4.78 is 5.78. The van der Waals surface area contributed by atoms with Crippen molar-refractivity contribution in [2.75, 3.05) is 37.6 Å².